The van der Waals surface area contributed by atoms with Crippen molar-refractivity contribution in [2.75, 3.05) is 6.61 Å². The smallest absolute Gasteiger partial charge is 0.158 e. The van der Waals surface area contributed by atoms with Crippen LogP contribution in [0.3, 0.4) is 0 Å². The van der Waals surface area contributed by atoms with Gasteiger partial charge in [0.25, 0.3) is 0 Å². The van der Waals surface area contributed by atoms with Crippen LogP contribution < -0.4 is 0 Å². The van der Waals surface area contributed by atoms with Crippen molar-refractivity contribution in [2.24, 2.45) is 41.4 Å². The van der Waals surface area contributed by atoms with Crippen LogP contribution in [-0.2, 0) is 14.3 Å². The normalized spacial score (nSPS) is 43.6. The monoisotopic (exact) mass is 446 g/mol. The lowest BCUT2D eigenvalue weighted by molar-refractivity contribution is -0.235. The summed E-state index contributed by atoms with van der Waals surface area (Å²) in [7, 11) is 0. The predicted octanol–water partition coefficient (Wildman–Crippen LogP) is 7.56. The Morgan fingerprint density at radius 1 is 0.625 bits per heavy atom. The molecule has 3 saturated carbocycles. The number of hydrogen-bond acceptors (Lipinski definition) is 3. The Labute approximate surface area is 197 Å². The Morgan fingerprint density at radius 2 is 1.03 bits per heavy atom. The summed E-state index contributed by atoms with van der Waals surface area (Å²) in [5.41, 5.74) is 0. The SMILES string of the molecule is CC1COC(CC2CCC(CC3CCC(CC4CCC(CC=O)CC4)CC3)CC2)OC1C. The van der Waals surface area contributed by atoms with Gasteiger partial charge in [-0.15, -0.1) is 0 Å². The number of rotatable bonds is 8. The van der Waals surface area contributed by atoms with Crippen LogP contribution in [0.1, 0.15) is 117 Å². The van der Waals surface area contributed by atoms with Gasteiger partial charge < -0.3 is 14.3 Å². The van der Waals surface area contributed by atoms with E-state index in [0.717, 1.165) is 55.3 Å². The zero-order valence-corrected chi connectivity index (χ0v) is 21.0. The first kappa shape index (κ1) is 24.7. The molecule has 3 aliphatic carbocycles. The second-order valence-corrected chi connectivity index (χ2v) is 12.4. The van der Waals surface area contributed by atoms with Crippen LogP contribution in [-0.4, -0.2) is 25.3 Å². The molecule has 4 aliphatic rings. The third kappa shape index (κ3) is 7.29. The van der Waals surface area contributed by atoms with Crippen molar-refractivity contribution >= 4 is 6.29 Å². The highest BCUT2D eigenvalue weighted by atomic mass is 16.7. The van der Waals surface area contributed by atoms with E-state index in [4.69, 9.17) is 9.47 Å². The van der Waals surface area contributed by atoms with E-state index >= 15 is 0 Å². The van der Waals surface area contributed by atoms with Gasteiger partial charge in [-0.05, 0) is 81.0 Å². The molecule has 4 fully saturated rings. The van der Waals surface area contributed by atoms with E-state index in [9.17, 15) is 4.79 Å². The average molecular weight is 447 g/mol. The van der Waals surface area contributed by atoms with Gasteiger partial charge in [-0.2, -0.15) is 0 Å². The quantitative estimate of drug-likeness (QED) is 0.361. The van der Waals surface area contributed by atoms with Gasteiger partial charge >= 0.3 is 0 Å². The van der Waals surface area contributed by atoms with E-state index < -0.39 is 0 Å². The van der Waals surface area contributed by atoms with Gasteiger partial charge in [0.2, 0.25) is 0 Å². The Balaban J connectivity index is 1.07. The molecule has 3 heteroatoms. The van der Waals surface area contributed by atoms with Gasteiger partial charge in [-0.3, -0.25) is 0 Å². The number of aldehydes is 1. The molecule has 0 amide bonds. The fourth-order valence-corrected chi connectivity index (χ4v) is 7.39. The minimum Gasteiger partial charge on any atom is -0.352 e. The van der Waals surface area contributed by atoms with Crippen molar-refractivity contribution in [3.63, 3.8) is 0 Å². The van der Waals surface area contributed by atoms with E-state index in [-0.39, 0.29) is 6.29 Å². The second kappa shape index (κ2) is 12.3. The van der Waals surface area contributed by atoms with Crippen LogP contribution in [0.5, 0.6) is 0 Å². The summed E-state index contributed by atoms with van der Waals surface area (Å²) < 4.78 is 12.0. The van der Waals surface area contributed by atoms with E-state index in [0.29, 0.717) is 17.9 Å². The van der Waals surface area contributed by atoms with Crippen LogP contribution in [0.4, 0.5) is 0 Å². The summed E-state index contributed by atoms with van der Waals surface area (Å²) in [5, 5.41) is 0. The molecule has 1 heterocycles. The summed E-state index contributed by atoms with van der Waals surface area (Å²) in [4.78, 5) is 10.8. The lowest BCUT2D eigenvalue weighted by Crippen LogP contribution is -2.38. The predicted molar refractivity (Wildman–Crippen MR) is 130 cm³/mol. The third-order valence-corrected chi connectivity index (χ3v) is 9.90. The molecular weight excluding hydrogens is 396 g/mol. The van der Waals surface area contributed by atoms with Gasteiger partial charge in [0.05, 0.1) is 12.7 Å². The molecule has 1 saturated heterocycles. The van der Waals surface area contributed by atoms with E-state index in [1.54, 1.807) is 0 Å². The van der Waals surface area contributed by atoms with Crippen LogP contribution in [0.15, 0.2) is 0 Å². The molecule has 0 spiro atoms. The molecule has 3 unspecified atom stereocenters. The molecule has 0 bridgehead atoms. The maximum atomic E-state index is 10.8. The van der Waals surface area contributed by atoms with Crippen molar-refractivity contribution < 1.29 is 14.3 Å². The number of carbonyl (C=O) groups is 1. The first-order chi connectivity index (χ1) is 15.6. The van der Waals surface area contributed by atoms with Gasteiger partial charge in [0, 0.05) is 18.8 Å². The van der Waals surface area contributed by atoms with Gasteiger partial charge in [0.15, 0.2) is 6.29 Å². The van der Waals surface area contributed by atoms with Crippen molar-refractivity contribution in [3.05, 3.63) is 0 Å². The highest BCUT2D eigenvalue weighted by molar-refractivity contribution is 5.49. The summed E-state index contributed by atoms with van der Waals surface area (Å²) in [6, 6.07) is 0. The lowest BCUT2D eigenvalue weighted by atomic mass is 9.70. The summed E-state index contributed by atoms with van der Waals surface area (Å²) >= 11 is 0. The molecule has 32 heavy (non-hydrogen) atoms. The first-order valence-electron chi connectivity index (χ1n) is 14.3. The average Bonchev–Trinajstić information content (AvgIpc) is 2.80. The standard InChI is InChI=1S/C29H50O3/c1-21-20-31-29(32-22(21)2)19-28-13-11-27(12-14-28)18-26-9-7-25(8-10-26)17-24-5-3-23(4-6-24)15-16-30/h16,21-29H,3-15,17-20H2,1-2H3. The lowest BCUT2D eigenvalue weighted by Gasteiger charge is -2.38. The first-order valence-corrected chi connectivity index (χ1v) is 14.3. The summed E-state index contributed by atoms with van der Waals surface area (Å²) in [6.07, 6.45) is 23.4. The topological polar surface area (TPSA) is 35.5 Å². The van der Waals surface area contributed by atoms with Crippen LogP contribution in [0, 0.1) is 41.4 Å². The summed E-state index contributed by atoms with van der Waals surface area (Å²) in [6.45, 7) is 5.29. The summed E-state index contributed by atoms with van der Waals surface area (Å²) in [5.74, 6) is 5.98. The molecular formula is C29H50O3. The Morgan fingerprint density at radius 3 is 1.44 bits per heavy atom. The van der Waals surface area contributed by atoms with Crippen LogP contribution >= 0.6 is 0 Å². The number of carbonyl (C=O) groups excluding carboxylic acids is 1. The molecule has 3 nitrogen and oxygen atoms in total. The zero-order chi connectivity index (χ0) is 22.3. The van der Waals surface area contributed by atoms with Crippen molar-refractivity contribution in [1.29, 1.82) is 0 Å². The van der Waals surface area contributed by atoms with E-state index in [1.807, 2.05) is 0 Å². The molecule has 184 valence electrons. The number of ether oxygens (including phenoxy) is 2. The number of hydrogen-bond donors (Lipinski definition) is 0. The maximum absolute atomic E-state index is 10.8. The molecule has 1 aliphatic heterocycles. The second-order valence-electron chi connectivity index (χ2n) is 12.4. The molecule has 0 aromatic rings. The zero-order valence-electron chi connectivity index (χ0n) is 21.0. The molecule has 0 N–H and O–H groups in total. The van der Waals surface area contributed by atoms with Gasteiger partial charge in [-0.1, -0.05) is 58.3 Å². The fraction of sp³-hybridized carbons (Fsp3) is 0.966. The highest BCUT2D eigenvalue weighted by Gasteiger charge is 2.32. The molecule has 4 rings (SSSR count). The maximum Gasteiger partial charge on any atom is 0.158 e. The van der Waals surface area contributed by atoms with Crippen LogP contribution in [0.2, 0.25) is 0 Å². The van der Waals surface area contributed by atoms with Crippen molar-refractivity contribution in [2.45, 2.75) is 129 Å². The highest BCUT2D eigenvalue weighted by Crippen LogP contribution is 2.42. The third-order valence-electron chi connectivity index (χ3n) is 9.90. The van der Waals surface area contributed by atoms with Crippen molar-refractivity contribution in [3.8, 4) is 0 Å². The molecule has 3 atom stereocenters. The fourth-order valence-electron chi connectivity index (χ4n) is 7.39. The van der Waals surface area contributed by atoms with E-state index in [1.165, 1.54) is 89.9 Å². The Kier molecular flexibility index (Phi) is 9.53. The molecule has 0 aromatic heterocycles. The molecule has 0 radical (unpaired) electrons. The largest absolute Gasteiger partial charge is 0.352 e. The van der Waals surface area contributed by atoms with Gasteiger partial charge in [0.1, 0.15) is 6.29 Å². The minimum atomic E-state index is 0.0538. The van der Waals surface area contributed by atoms with E-state index in [2.05, 4.69) is 13.8 Å². The minimum absolute atomic E-state index is 0.0538. The van der Waals surface area contributed by atoms with Crippen molar-refractivity contribution in [1.82, 2.24) is 0 Å². The Hall–Kier alpha value is -0.410. The Bertz CT molecular complexity index is 539. The van der Waals surface area contributed by atoms with Gasteiger partial charge in [-0.25, -0.2) is 0 Å². The molecule has 0 aromatic carbocycles. The van der Waals surface area contributed by atoms with Crippen LogP contribution in [0.25, 0.3) is 0 Å².